The normalized spacial score (nSPS) is 10.7. The minimum atomic E-state index is -0.542. The Bertz CT molecular complexity index is 693. The maximum atomic E-state index is 11.9. The van der Waals surface area contributed by atoms with Gasteiger partial charge in [-0.05, 0) is 37.9 Å². The molecule has 0 aliphatic rings. The molecule has 0 aliphatic heterocycles. The molecule has 1 aromatic heterocycles. The maximum absolute atomic E-state index is 11.9. The van der Waals surface area contributed by atoms with Crippen LogP contribution in [-0.2, 0) is 0 Å². The standard InChI is InChI=1S/C10H5Br2NO4/c11-5-1-3-7(15)4(2-14)10(13)17-9(3)6(12)8(5)16/h1-2,16H,13H2. The molecular formula is C10H5Br2NO4. The van der Waals surface area contributed by atoms with Gasteiger partial charge in [0, 0.05) is 0 Å². The fraction of sp³-hybridized carbons (Fsp3) is 0. The smallest absolute Gasteiger partial charge is 0.205 e. The van der Waals surface area contributed by atoms with Crippen molar-refractivity contribution in [1.82, 2.24) is 0 Å². The number of fused-ring (bicyclic) bond motifs is 1. The fourth-order valence-corrected chi connectivity index (χ4v) is 2.59. The Balaban J connectivity index is 3.08. The van der Waals surface area contributed by atoms with E-state index in [1.165, 1.54) is 6.07 Å². The van der Waals surface area contributed by atoms with Gasteiger partial charge in [-0.25, -0.2) is 0 Å². The predicted molar refractivity (Wildman–Crippen MR) is 69.3 cm³/mol. The number of aromatic hydroxyl groups is 1. The number of halogens is 2. The number of carbonyl (C=O) groups is 1. The fourth-order valence-electron chi connectivity index (χ4n) is 1.39. The highest BCUT2D eigenvalue weighted by atomic mass is 79.9. The van der Waals surface area contributed by atoms with Gasteiger partial charge < -0.3 is 15.3 Å². The summed E-state index contributed by atoms with van der Waals surface area (Å²) in [6.07, 6.45) is 0.343. The van der Waals surface area contributed by atoms with Gasteiger partial charge in [-0.2, -0.15) is 0 Å². The summed E-state index contributed by atoms with van der Waals surface area (Å²) in [5, 5.41) is 9.80. The number of hydrogen-bond donors (Lipinski definition) is 2. The quantitative estimate of drug-likeness (QED) is 0.760. The lowest BCUT2D eigenvalue weighted by Crippen LogP contribution is -2.11. The third kappa shape index (κ3) is 1.75. The summed E-state index contributed by atoms with van der Waals surface area (Å²) in [4.78, 5) is 22.6. The van der Waals surface area contributed by atoms with Gasteiger partial charge in [0.15, 0.2) is 11.9 Å². The number of carbonyl (C=O) groups excluding carboxylic acids is 1. The summed E-state index contributed by atoms with van der Waals surface area (Å²) in [5.41, 5.74) is 4.76. The Morgan fingerprint density at radius 1 is 1.41 bits per heavy atom. The van der Waals surface area contributed by atoms with E-state index in [9.17, 15) is 14.7 Å². The number of nitrogen functional groups attached to an aromatic ring is 1. The largest absolute Gasteiger partial charge is 0.505 e. The average molecular weight is 363 g/mol. The predicted octanol–water partition coefficient (Wildman–Crippen LogP) is 2.42. The highest BCUT2D eigenvalue weighted by Gasteiger charge is 2.17. The van der Waals surface area contributed by atoms with E-state index in [0.717, 1.165) is 0 Å². The molecule has 0 aliphatic carbocycles. The van der Waals surface area contributed by atoms with Crippen LogP contribution in [0.25, 0.3) is 11.0 Å². The van der Waals surface area contributed by atoms with Crippen molar-refractivity contribution in [1.29, 1.82) is 0 Å². The van der Waals surface area contributed by atoms with Gasteiger partial charge in [0.2, 0.25) is 11.3 Å². The van der Waals surface area contributed by atoms with Gasteiger partial charge in [0.1, 0.15) is 15.8 Å². The first-order chi connectivity index (χ1) is 7.97. The summed E-state index contributed by atoms with van der Waals surface area (Å²) in [5.74, 6) is -0.390. The minimum Gasteiger partial charge on any atom is -0.505 e. The molecule has 1 aromatic carbocycles. The molecule has 2 rings (SSSR count). The second-order valence-electron chi connectivity index (χ2n) is 3.22. The summed E-state index contributed by atoms with van der Waals surface area (Å²) < 4.78 is 5.66. The SMILES string of the molecule is Nc1oc2c(Br)c(O)c(Br)cc2c(=O)c1C=O. The molecule has 0 radical (unpaired) electrons. The average Bonchev–Trinajstić information content (AvgIpc) is 2.29. The molecule has 0 saturated carbocycles. The van der Waals surface area contributed by atoms with Crippen LogP contribution >= 0.6 is 31.9 Å². The van der Waals surface area contributed by atoms with E-state index in [0.29, 0.717) is 10.8 Å². The number of anilines is 1. The first-order valence-electron chi connectivity index (χ1n) is 4.35. The Morgan fingerprint density at radius 3 is 2.65 bits per heavy atom. The van der Waals surface area contributed by atoms with Crippen LogP contribution in [0, 0.1) is 0 Å². The Labute approximate surface area is 111 Å². The highest BCUT2D eigenvalue weighted by molar-refractivity contribution is 9.11. The molecule has 2 aromatic rings. The molecule has 3 N–H and O–H groups in total. The number of benzene rings is 1. The van der Waals surface area contributed by atoms with Crippen molar-refractivity contribution in [2.45, 2.75) is 0 Å². The number of aldehydes is 1. The van der Waals surface area contributed by atoms with Gasteiger partial charge in [-0.3, -0.25) is 9.59 Å². The van der Waals surface area contributed by atoms with Crippen molar-refractivity contribution in [3.8, 4) is 5.75 Å². The first kappa shape index (κ1) is 12.1. The van der Waals surface area contributed by atoms with Gasteiger partial charge in [-0.1, -0.05) is 0 Å². The van der Waals surface area contributed by atoms with Crippen LogP contribution in [0.3, 0.4) is 0 Å². The third-order valence-corrected chi connectivity index (χ3v) is 3.57. The molecule has 0 atom stereocenters. The van der Waals surface area contributed by atoms with Crippen molar-refractivity contribution >= 4 is 55.0 Å². The third-order valence-electron chi connectivity index (χ3n) is 2.23. The molecule has 0 fully saturated rings. The van der Waals surface area contributed by atoms with Crippen molar-refractivity contribution in [3.63, 3.8) is 0 Å². The van der Waals surface area contributed by atoms with E-state index >= 15 is 0 Å². The first-order valence-corrected chi connectivity index (χ1v) is 5.94. The Kier molecular flexibility index (Phi) is 2.96. The molecule has 17 heavy (non-hydrogen) atoms. The molecule has 0 spiro atoms. The lowest BCUT2D eigenvalue weighted by atomic mass is 10.1. The summed E-state index contributed by atoms with van der Waals surface area (Å²) in [6, 6.07) is 1.37. The number of hydrogen-bond acceptors (Lipinski definition) is 5. The van der Waals surface area contributed by atoms with Crippen molar-refractivity contribution in [2.24, 2.45) is 0 Å². The van der Waals surface area contributed by atoms with Crippen LogP contribution in [0.1, 0.15) is 10.4 Å². The van der Waals surface area contributed by atoms with E-state index in [4.69, 9.17) is 10.2 Å². The van der Waals surface area contributed by atoms with E-state index in [1.54, 1.807) is 0 Å². The van der Waals surface area contributed by atoms with Crippen LogP contribution in [0.5, 0.6) is 5.75 Å². The monoisotopic (exact) mass is 361 g/mol. The molecule has 0 bridgehead atoms. The van der Waals surface area contributed by atoms with E-state index in [2.05, 4.69) is 31.9 Å². The lowest BCUT2D eigenvalue weighted by molar-refractivity contribution is 0.112. The van der Waals surface area contributed by atoms with Crippen molar-refractivity contribution in [3.05, 3.63) is 30.8 Å². The lowest BCUT2D eigenvalue weighted by Gasteiger charge is -2.06. The second kappa shape index (κ2) is 4.15. The van der Waals surface area contributed by atoms with Crippen LogP contribution in [0.4, 0.5) is 5.88 Å². The number of phenols is 1. The zero-order valence-electron chi connectivity index (χ0n) is 8.16. The van der Waals surface area contributed by atoms with E-state index in [1.807, 2.05) is 0 Å². The van der Waals surface area contributed by atoms with Crippen LogP contribution in [0.15, 0.2) is 24.2 Å². The van der Waals surface area contributed by atoms with Crippen molar-refractivity contribution < 1.29 is 14.3 Å². The topological polar surface area (TPSA) is 93.5 Å². The van der Waals surface area contributed by atoms with E-state index < -0.39 is 5.43 Å². The number of rotatable bonds is 1. The van der Waals surface area contributed by atoms with E-state index in [-0.39, 0.29) is 32.6 Å². The molecule has 0 amide bonds. The molecule has 88 valence electrons. The van der Waals surface area contributed by atoms with Gasteiger partial charge in [-0.15, -0.1) is 0 Å². The van der Waals surface area contributed by atoms with Crippen LogP contribution in [-0.4, -0.2) is 11.4 Å². The Hall–Kier alpha value is -1.34. The van der Waals surface area contributed by atoms with Gasteiger partial charge >= 0.3 is 0 Å². The highest BCUT2D eigenvalue weighted by Crippen LogP contribution is 2.38. The van der Waals surface area contributed by atoms with Crippen molar-refractivity contribution in [2.75, 3.05) is 5.73 Å². The molecule has 1 heterocycles. The Morgan fingerprint density at radius 2 is 2.06 bits per heavy atom. The maximum Gasteiger partial charge on any atom is 0.205 e. The molecular weight excluding hydrogens is 358 g/mol. The number of phenolic OH excluding ortho intramolecular Hbond substituents is 1. The second-order valence-corrected chi connectivity index (χ2v) is 4.87. The summed E-state index contributed by atoms with van der Waals surface area (Å²) in [6.45, 7) is 0. The molecule has 7 heteroatoms. The van der Waals surface area contributed by atoms with Gasteiger partial charge in [0.05, 0.1) is 9.86 Å². The summed E-state index contributed by atoms with van der Waals surface area (Å²) >= 11 is 6.18. The number of nitrogens with two attached hydrogens (primary N) is 1. The molecule has 0 unspecified atom stereocenters. The van der Waals surface area contributed by atoms with Crippen LogP contribution < -0.4 is 11.2 Å². The summed E-state index contributed by atoms with van der Waals surface area (Å²) in [7, 11) is 0. The van der Waals surface area contributed by atoms with Gasteiger partial charge in [0.25, 0.3) is 0 Å². The zero-order chi connectivity index (χ0) is 12.7. The molecule has 5 nitrogen and oxygen atoms in total. The molecule has 0 saturated heterocycles. The minimum absolute atomic E-state index is 0.0961. The zero-order valence-corrected chi connectivity index (χ0v) is 11.3. The van der Waals surface area contributed by atoms with Crippen LogP contribution in [0.2, 0.25) is 0 Å².